The molecule has 0 radical (unpaired) electrons. The number of carboxylic acid groups (broad SMARTS) is 1. The van der Waals surface area contributed by atoms with Crippen molar-refractivity contribution >= 4 is 12.0 Å². The quantitative estimate of drug-likeness (QED) is 0.639. The van der Waals surface area contributed by atoms with Gasteiger partial charge in [-0.25, -0.2) is 9.59 Å². The number of hydrogen-bond donors (Lipinski definition) is 1. The summed E-state index contributed by atoms with van der Waals surface area (Å²) in [4.78, 5) is 28.1. The Morgan fingerprint density at radius 3 is 2.58 bits per heavy atom. The number of ether oxygens (including phenoxy) is 1. The van der Waals surface area contributed by atoms with Gasteiger partial charge in [0.25, 0.3) is 0 Å². The van der Waals surface area contributed by atoms with Crippen molar-refractivity contribution in [3.8, 4) is 11.5 Å². The maximum Gasteiger partial charge on any atom is 0.344 e. The van der Waals surface area contributed by atoms with E-state index in [1.807, 2.05) is 42.5 Å². The normalized spacial score (nSPS) is 20.4. The number of para-hydroxylation sites is 1. The van der Waals surface area contributed by atoms with Crippen LogP contribution >= 0.6 is 0 Å². The standard InChI is InChI=1S/C25H26N4O4/c30-23(31)20-14-26-29(16-20)24(32)28-12-10-25(18-28)9-11-27(17-25)15-19-5-4-8-22(13-19)33-21-6-2-1-3-7-21/h1-8,13-14,16H,9-12,15,17-18H2,(H,30,31). The van der Waals surface area contributed by atoms with Crippen LogP contribution in [0.15, 0.2) is 67.0 Å². The number of carboxylic acids is 1. The summed E-state index contributed by atoms with van der Waals surface area (Å²) in [5.41, 5.74) is 1.29. The predicted octanol–water partition coefficient (Wildman–Crippen LogP) is 3.94. The number of likely N-dealkylation sites (tertiary alicyclic amines) is 2. The van der Waals surface area contributed by atoms with Gasteiger partial charge in [0.2, 0.25) is 0 Å². The molecule has 1 N–H and O–H groups in total. The van der Waals surface area contributed by atoms with E-state index in [4.69, 9.17) is 9.84 Å². The van der Waals surface area contributed by atoms with Crippen LogP contribution in [0.1, 0.15) is 28.8 Å². The van der Waals surface area contributed by atoms with E-state index in [1.54, 1.807) is 4.90 Å². The van der Waals surface area contributed by atoms with Gasteiger partial charge >= 0.3 is 12.0 Å². The Labute approximate surface area is 192 Å². The lowest BCUT2D eigenvalue weighted by Crippen LogP contribution is -2.36. The van der Waals surface area contributed by atoms with Gasteiger partial charge in [-0.3, -0.25) is 4.90 Å². The summed E-state index contributed by atoms with van der Waals surface area (Å²) >= 11 is 0. The van der Waals surface area contributed by atoms with E-state index in [9.17, 15) is 9.59 Å². The molecular formula is C25H26N4O4. The van der Waals surface area contributed by atoms with Crippen molar-refractivity contribution in [2.24, 2.45) is 5.41 Å². The molecule has 2 aliphatic rings. The number of aromatic carboxylic acids is 1. The van der Waals surface area contributed by atoms with Crippen LogP contribution in [0.25, 0.3) is 0 Å². The van der Waals surface area contributed by atoms with Crippen LogP contribution in [0.4, 0.5) is 4.79 Å². The van der Waals surface area contributed by atoms with Crippen molar-refractivity contribution in [2.75, 3.05) is 26.2 Å². The summed E-state index contributed by atoms with van der Waals surface area (Å²) in [7, 11) is 0. The number of aromatic nitrogens is 2. The first-order valence-electron chi connectivity index (χ1n) is 11.1. The third-order valence-electron chi connectivity index (χ3n) is 6.54. The maximum absolute atomic E-state index is 12.8. The average Bonchev–Trinajstić information content (AvgIpc) is 3.55. The van der Waals surface area contributed by atoms with Gasteiger partial charge in [0.15, 0.2) is 0 Å². The van der Waals surface area contributed by atoms with Gasteiger partial charge in [-0.2, -0.15) is 9.78 Å². The van der Waals surface area contributed by atoms with Crippen LogP contribution in [0.3, 0.4) is 0 Å². The Bertz CT molecular complexity index is 1160. The van der Waals surface area contributed by atoms with Gasteiger partial charge in [0.05, 0.1) is 18.0 Å². The molecule has 8 nitrogen and oxygen atoms in total. The molecule has 8 heteroatoms. The molecular weight excluding hydrogens is 420 g/mol. The highest BCUT2D eigenvalue weighted by molar-refractivity contribution is 5.88. The molecule has 33 heavy (non-hydrogen) atoms. The fourth-order valence-electron chi connectivity index (χ4n) is 4.87. The van der Waals surface area contributed by atoms with Crippen LogP contribution in [-0.4, -0.2) is 62.9 Å². The van der Waals surface area contributed by atoms with E-state index < -0.39 is 5.97 Å². The summed E-state index contributed by atoms with van der Waals surface area (Å²) in [6.45, 7) is 4.08. The van der Waals surface area contributed by atoms with Gasteiger partial charge in [0.1, 0.15) is 11.5 Å². The smallest absolute Gasteiger partial charge is 0.344 e. The molecule has 2 aliphatic heterocycles. The molecule has 3 heterocycles. The lowest BCUT2D eigenvalue weighted by atomic mass is 9.86. The van der Waals surface area contributed by atoms with E-state index in [1.165, 1.54) is 18.0 Å². The van der Waals surface area contributed by atoms with E-state index in [0.29, 0.717) is 13.1 Å². The minimum absolute atomic E-state index is 0.0165. The van der Waals surface area contributed by atoms with Crippen LogP contribution in [0.2, 0.25) is 0 Å². The molecule has 1 amide bonds. The Hall–Kier alpha value is -3.65. The van der Waals surface area contributed by atoms with Crippen molar-refractivity contribution in [1.29, 1.82) is 0 Å². The summed E-state index contributed by atoms with van der Waals surface area (Å²) < 4.78 is 7.10. The molecule has 1 unspecified atom stereocenters. The lowest BCUT2D eigenvalue weighted by molar-refractivity contribution is 0.0697. The Kier molecular flexibility index (Phi) is 5.60. The molecule has 0 aliphatic carbocycles. The highest BCUT2D eigenvalue weighted by Crippen LogP contribution is 2.40. The summed E-state index contributed by atoms with van der Waals surface area (Å²) in [5, 5.41) is 13.0. The predicted molar refractivity (Wildman–Crippen MR) is 121 cm³/mol. The van der Waals surface area contributed by atoms with E-state index in [2.05, 4.69) is 22.1 Å². The second-order valence-corrected chi connectivity index (χ2v) is 8.96. The van der Waals surface area contributed by atoms with Crippen molar-refractivity contribution < 1.29 is 19.4 Å². The summed E-state index contributed by atoms with van der Waals surface area (Å²) in [6.07, 6.45) is 4.47. The number of carbonyl (C=O) groups is 2. The van der Waals surface area contributed by atoms with Crippen molar-refractivity contribution in [3.63, 3.8) is 0 Å². The molecule has 2 fully saturated rings. The first-order chi connectivity index (χ1) is 16.0. The van der Waals surface area contributed by atoms with Crippen molar-refractivity contribution in [1.82, 2.24) is 19.6 Å². The molecule has 0 bridgehead atoms. The summed E-state index contributed by atoms with van der Waals surface area (Å²) in [6, 6.07) is 17.7. The van der Waals surface area contributed by atoms with Crippen LogP contribution in [0.5, 0.6) is 11.5 Å². The molecule has 1 aromatic heterocycles. The third-order valence-corrected chi connectivity index (χ3v) is 6.54. The van der Waals surface area contributed by atoms with Crippen molar-refractivity contribution in [3.05, 3.63) is 78.1 Å². The van der Waals surface area contributed by atoms with Gasteiger partial charge in [-0.1, -0.05) is 30.3 Å². The third kappa shape index (κ3) is 4.61. The second-order valence-electron chi connectivity index (χ2n) is 8.96. The van der Waals surface area contributed by atoms with Gasteiger partial charge < -0.3 is 14.7 Å². The average molecular weight is 447 g/mol. The highest BCUT2D eigenvalue weighted by atomic mass is 16.5. The van der Waals surface area contributed by atoms with E-state index in [-0.39, 0.29) is 17.0 Å². The molecule has 1 atom stereocenters. The molecule has 5 rings (SSSR count). The fraction of sp³-hybridized carbons (Fsp3) is 0.320. The van der Waals surface area contributed by atoms with Crippen LogP contribution in [-0.2, 0) is 6.54 Å². The number of hydrogen-bond acceptors (Lipinski definition) is 5. The number of carbonyl (C=O) groups excluding carboxylic acids is 1. The maximum atomic E-state index is 12.8. The first-order valence-corrected chi connectivity index (χ1v) is 11.1. The van der Waals surface area contributed by atoms with Gasteiger partial charge in [0, 0.05) is 31.6 Å². The van der Waals surface area contributed by atoms with Gasteiger partial charge in [-0.15, -0.1) is 0 Å². The van der Waals surface area contributed by atoms with E-state index in [0.717, 1.165) is 48.7 Å². The van der Waals surface area contributed by atoms with E-state index >= 15 is 0 Å². The Morgan fingerprint density at radius 1 is 1.00 bits per heavy atom. The SMILES string of the molecule is O=C(O)c1cnn(C(=O)N2CCC3(CCN(Cc4cccc(Oc5ccccc5)c4)C3)C2)c1. The number of nitrogens with zero attached hydrogens (tertiary/aromatic N) is 4. The van der Waals surface area contributed by atoms with Crippen molar-refractivity contribution in [2.45, 2.75) is 19.4 Å². The Morgan fingerprint density at radius 2 is 1.79 bits per heavy atom. The minimum atomic E-state index is -1.09. The lowest BCUT2D eigenvalue weighted by Gasteiger charge is -2.24. The molecule has 3 aromatic rings. The van der Waals surface area contributed by atoms with Crippen LogP contribution < -0.4 is 4.74 Å². The minimum Gasteiger partial charge on any atom is -0.478 e. The molecule has 170 valence electrons. The zero-order valence-corrected chi connectivity index (χ0v) is 18.3. The van der Waals surface area contributed by atoms with Crippen LogP contribution in [0, 0.1) is 5.41 Å². The highest BCUT2D eigenvalue weighted by Gasteiger charge is 2.45. The first kappa shape index (κ1) is 21.2. The fourth-order valence-corrected chi connectivity index (χ4v) is 4.87. The largest absolute Gasteiger partial charge is 0.478 e. The second kappa shape index (κ2) is 8.71. The zero-order chi connectivity index (χ0) is 22.8. The number of rotatable bonds is 5. The molecule has 2 saturated heterocycles. The van der Waals surface area contributed by atoms with Gasteiger partial charge in [-0.05, 0) is 49.2 Å². The zero-order valence-electron chi connectivity index (χ0n) is 18.3. The Balaban J connectivity index is 1.19. The monoisotopic (exact) mass is 446 g/mol. The molecule has 1 spiro atoms. The number of amides is 1. The topological polar surface area (TPSA) is 87.9 Å². The molecule has 0 saturated carbocycles. The summed E-state index contributed by atoms with van der Waals surface area (Å²) in [5.74, 6) is 0.556. The number of benzene rings is 2. The molecule has 2 aromatic carbocycles.